The van der Waals surface area contributed by atoms with Gasteiger partial charge in [-0.15, -0.1) is 0 Å². The van der Waals surface area contributed by atoms with E-state index >= 15 is 0 Å². The van der Waals surface area contributed by atoms with Crippen molar-refractivity contribution in [1.29, 1.82) is 0 Å². The number of hydrogen-bond donors (Lipinski definition) is 2. The number of allylic oxidation sites excluding steroid dienone is 3. The van der Waals surface area contributed by atoms with Crippen molar-refractivity contribution >= 4 is 18.9 Å². The molecule has 2 nitrogen and oxygen atoms in total. The minimum atomic E-state index is -4.49. The Kier molecular flexibility index (Phi) is 4.14. The second-order valence-electron chi connectivity index (χ2n) is 3.42. The van der Waals surface area contributed by atoms with Crippen molar-refractivity contribution in [3.05, 3.63) is 24.3 Å². The Balaban J connectivity index is 3.13. The van der Waals surface area contributed by atoms with Gasteiger partial charge in [-0.1, -0.05) is 31.2 Å². The van der Waals surface area contributed by atoms with Gasteiger partial charge in [-0.3, -0.25) is 0 Å². The van der Waals surface area contributed by atoms with Crippen molar-refractivity contribution in [3.63, 3.8) is 0 Å². The van der Waals surface area contributed by atoms with Gasteiger partial charge >= 0.3 is 13.3 Å². The highest BCUT2D eigenvalue weighted by Crippen LogP contribution is 2.46. The molecule has 0 saturated carbocycles. The molecule has 1 aliphatic rings. The first kappa shape index (κ1) is 13.7. The molecule has 0 heterocycles. The van der Waals surface area contributed by atoms with Crippen LogP contribution in [0, 0.1) is 5.92 Å². The Morgan fingerprint density at radius 1 is 1.38 bits per heavy atom. The van der Waals surface area contributed by atoms with Gasteiger partial charge in [0.1, 0.15) is 0 Å². The summed E-state index contributed by atoms with van der Waals surface area (Å²) in [6.07, 6.45) is 0.360. The molecular weight excluding hydrogens is 240 g/mol. The molecule has 16 heavy (non-hydrogen) atoms. The van der Waals surface area contributed by atoms with E-state index in [0.717, 1.165) is 17.8 Å². The lowest BCUT2D eigenvalue weighted by atomic mass is 9.62. The van der Waals surface area contributed by atoms with Crippen LogP contribution in [0.15, 0.2) is 24.3 Å². The third kappa shape index (κ3) is 2.47. The van der Waals surface area contributed by atoms with Gasteiger partial charge in [0, 0.05) is 0 Å². The molecule has 2 unspecified atom stereocenters. The largest absolute Gasteiger partial charge is 0.473 e. The Hall–Kier alpha value is -0.395. The highest BCUT2D eigenvalue weighted by molar-refractivity contribution is 8.02. The molecular formula is C9H12BF3O2S. The molecule has 0 aromatic rings. The fourth-order valence-electron chi connectivity index (χ4n) is 1.71. The molecule has 2 N–H and O–H groups in total. The lowest BCUT2D eigenvalue weighted by Crippen LogP contribution is -2.53. The van der Waals surface area contributed by atoms with E-state index < -0.39 is 23.9 Å². The minimum Gasteiger partial charge on any atom is -0.426 e. The van der Waals surface area contributed by atoms with Crippen LogP contribution in [0.1, 0.15) is 6.92 Å². The van der Waals surface area contributed by atoms with E-state index in [1.165, 1.54) is 18.2 Å². The quantitative estimate of drug-likeness (QED) is 0.752. The van der Waals surface area contributed by atoms with Gasteiger partial charge in [-0.25, -0.2) is 0 Å². The second-order valence-corrected chi connectivity index (χ2v) is 5.00. The molecule has 90 valence electrons. The molecule has 0 radical (unpaired) electrons. The second kappa shape index (κ2) is 4.85. The number of halogens is 3. The molecule has 0 bridgehead atoms. The van der Waals surface area contributed by atoms with Crippen molar-refractivity contribution < 1.29 is 23.2 Å². The zero-order chi connectivity index (χ0) is 12.4. The SMILES string of the molecule is CCSC1(B(O)O)C=CC=CC1C(F)(F)F. The Morgan fingerprint density at radius 2 is 2.00 bits per heavy atom. The van der Waals surface area contributed by atoms with E-state index in [1.807, 2.05) is 0 Å². The third-order valence-electron chi connectivity index (χ3n) is 2.41. The summed E-state index contributed by atoms with van der Waals surface area (Å²) in [5, 5.41) is 18.5. The maximum Gasteiger partial charge on any atom is 0.473 e. The molecule has 1 rings (SSSR count). The molecule has 0 fully saturated rings. The standard InChI is InChI=1S/C9H12BF3O2S/c1-2-16-8(10(14)15)6-4-3-5-7(8)9(11,12)13/h3-7,14-15H,2H2,1H3. The van der Waals surface area contributed by atoms with E-state index in [9.17, 15) is 23.2 Å². The zero-order valence-electron chi connectivity index (χ0n) is 8.61. The fraction of sp³-hybridized carbons (Fsp3) is 0.556. The Morgan fingerprint density at radius 3 is 2.44 bits per heavy atom. The third-order valence-corrected chi connectivity index (χ3v) is 3.80. The van der Waals surface area contributed by atoms with Crippen LogP contribution in [0.25, 0.3) is 0 Å². The van der Waals surface area contributed by atoms with Gasteiger partial charge in [0.15, 0.2) is 0 Å². The molecule has 0 aliphatic heterocycles. The number of alkyl halides is 3. The van der Waals surface area contributed by atoms with Crippen LogP contribution in [-0.4, -0.2) is 33.7 Å². The van der Waals surface area contributed by atoms with E-state index in [1.54, 1.807) is 6.92 Å². The molecule has 0 aromatic carbocycles. The van der Waals surface area contributed by atoms with Crippen LogP contribution in [0.4, 0.5) is 13.2 Å². The summed E-state index contributed by atoms with van der Waals surface area (Å²) >= 11 is 0.885. The van der Waals surface area contributed by atoms with Gasteiger partial charge in [-0.05, 0) is 5.75 Å². The first-order chi connectivity index (χ1) is 7.34. The Labute approximate surface area is 96.4 Å². The van der Waals surface area contributed by atoms with E-state index in [4.69, 9.17) is 0 Å². The normalized spacial score (nSPS) is 29.5. The molecule has 0 saturated heterocycles. The number of rotatable bonds is 3. The zero-order valence-corrected chi connectivity index (χ0v) is 9.42. The maximum absolute atomic E-state index is 12.8. The lowest BCUT2D eigenvalue weighted by molar-refractivity contribution is -0.163. The molecule has 1 aliphatic carbocycles. The molecule has 0 amide bonds. The lowest BCUT2D eigenvalue weighted by Gasteiger charge is -2.37. The summed E-state index contributed by atoms with van der Waals surface area (Å²) in [5.74, 6) is -1.52. The Bertz CT molecular complexity index is 304. The van der Waals surface area contributed by atoms with Crippen molar-refractivity contribution in [3.8, 4) is 0 Å². The topological polar surface area (TPSA) is 40.5 Å². The van der Waals surface area contributed by atoms with Crippen LogP contribution in [0.3, 0.4) is 0 Å². The van der Waals surface area contributed by atoms with E-state index in [0.29, 0.717) is 5.75 Å². The van der Waals surface area contributed by atoms with Crippen molar-refractivity contribution in [2.75, 3.05) is 5.75 Å². The van der Waals surface area contributed by atoms with Gasteiger partial charge in [0.25, 0.3) is 0 Å². The van der Waals surface area contributed by atoms with E-state index in [-0.39, 0.29) is 0 Å². The molecule has 0 spiro atoms. The predicted octanol–water partition coefficient (Wildman–Crippen LogP) is 1.79. The summed E-state index contributed by atoms with van der Waals surface area (Å²) in [5.41, 5.74) is 0. The van der Waals surface area contributed by atoms with Crippen LogP contribution in [0.5, 0.6) is 0 Å². The van der Waals surface area contributed by atoms with Gasteiger partial charge in [0.05, 0.1) is 10.6 Å². The average molecular weight is 252 g/mol. The summed E-state index contributed by atoms with van der Waals surface area (Å²) in [7, 11) is -2.05. The summed E-state index contributed by atoms with van der Waals surface area (Å²) in [6.45, 7) is 1.67. The minimum absolute atomic E-state index is 0.363. The van der Waals surface area contributed by atoms with Crippen LogP contribution < -0.4 is 0 Å². The van der Waals surface area contributed by atoms with Crippen LogP contribution in [-0.2, 0) is 0 Å². The van der Waals surface area contributed by atoms with Crippen LogP contribution in [0.2, 0.25) is 0 Å². The highest BCUT2D eigenvalue weighted by Gasteiger charge is 2.57. The molecule has 2 atom stereocenters. The first-order valence-corrected chi connectivity index (χ1v) is 5.76. The molecule has 7 heteroatoms. The smallest absolute Gasteiger partial charge is 0.426 e. The van der Waals surface area contributed by atoms with E-state index in [2.05, 4.69) is 0 Å². The summed E-state index contributed by atoms with van der Waals surface area (Å²) in [4.78, 5) is 0. The van der Waals surface area contributed by atoms with Crippen molar-refractivity contribution in [2.24, 2.45) is 5.92 Å². The van der Waals surface area contributed by atoms with Gasteiger partial charge in [0.2, 0.25) is 0 Å². The predicted molar refractivity (Wildman–Crippen MR) is 58.9 cm³/mol. The van der Waals surface area contributed by atoms with Crippen LogP contribution >= 0.6 is 11.8 Å². The summed E-state index contributed by atoms with van der Waals surface area (Å²) in [6, 6.07) is 0. The fourth-order valence-corrected chi connectivity index (χ4v) is 2.92. The maximum atomic E-state index is 12.8. The highest BCUT2D eigenvalue weighted by atomic mass is 32.2. The monoisotopic (exact) mass is 252 g/mol. The van der Waals surface area contributed by atoms with Crippen molar-refractivity contribution in [1.82, 2.24) is 0 Å². The first-order valence-electron chi connectivity index (χ1n) is 4.77. The number of hydrogen-bond acceptors (Lipinski definition) is 3. The van der Waals surface area contributed by atoms with Gasteiger partial charge < -0.3 is 10.0 Å². The van der Waals surface area contributed by atoms with Crippen molar-refractivity contribution in [2.45, 2.75) is 17.7 Å². The molecule has 0 aromatic heterocycles. The van der Waals surface area contributed by atoms with Gasteiger partial charge in [-0.2, -0.15) is 24.9 Å². The number of thioether (sulfide) groups is 1. The summed E-state index contributed by atoms with van der Waals surface area (Å²) < 4.78 is 36.7. The average Bonchev–Trinajstić information content (AvgIpc) is 2.17.